The molecule has 1 saturated carbocycles. The zero-order valence-corrected chi connectivity index (χ0v) is 14.3. The van der Waals surface area contributed by atoms with Crippen molar-refractivity contribution in [3.63, 3.8) is 0 Å². The Morgan fingerprint density at radius 3 is 2.52 bits per heavy atom. The molecule has 1 aromatic carbocycles. The average molecular weight is 375 g/mol. The third kappa shape index (κ3) is 4.30. The van der Waals surface area contributed by atoms with Gasteiger partial charge in [0.15, 0.2) is 11.3 Å². The van der Waals surface area contributed by atoms with Gasteiger partial charge in [0, 0.05) is 12.1 Å². The highest BCUT2D eigenvalue weighted by atomic mass is 19.1. The van der Waals surface area contributed by atoms with Crippen LogP contribution in [0.25, 0.3) is 11.3 Å². The molecule has 1 aromatic heterocycles. The number of carboxylic acids is 1. The van der Waals surface area contributed by atoms with E-state index in [-0.39, 0.29) is 12.2 Å². The quantitative estimate of drug-likeness (QED) is 0.672. The average Bonchev–Trinajstić information content (AvgIpc) is 3.45. The van der Waals surface area contributed by atoms with E-state index in [0.717, 1.165) is 17.5 Å². The van der Waals surface area contributed by atoms with Crippen LogP contribution in [0.5, 0.6) is 5.75 Å². The predicted octanol–water partition coefficient (Wildman–Crippen LogP) is 1.37. The lowest BCUT2D eigenvalue weighted by Gasteiger charge is -2.13. The van der Waals surface area contributed by atoms with Gasteiger partial charge in [-0.05, 0) is 36.6 Å². The Labute approximate surface area is 153 Å². The van der Waals surface area contributed by atoms with Crippen molar-refractivity contribution in [1.82, 2.24) is 15.1 Å². The van der Waals surface area contributed by atoms with E-state index in [0.29, 0.717) is 17.9 Å². The van der Waals surface area contributed by atoms with Crippen LogP contribution in [0.4, 0.5) is 4.39 Å². The molecule has 1 aliphatic rings. The SMILES string of the molecule is O=C(O)CNC(=O)c1c(O)c(-c2ccc(F)cc2)nn(CCC2CC2)c1=O. The Morgan fingerprint density at radius 1 is 1.26 bits per heavy atom. The molecule has 0 saturated heterocycles. The summed E-state index contributed by atoms with van der Waals surface area (Å²) >= 11 is 0. The minimum atomic E-state index is -1.29. The molecule has 0 spiro atoms. The van der Waals surface area contributed by atoms with Gasteiger partial charge in [-0.25, -0.2) is 9.07 Å². The molecule has 0 radical (unpaired) electrons. The highest BCUT2D eigenvalue weighted by Crippen LogP contribution is 2.33. The van der Waals surface area contributed by atoms with E-state index in [1.807, 2.05) is 0 Å². The van der Waals surface area contributed by atoms with Crippen LogP contribution in [0.1, 0.15) is 29.6 Å². The number of aromatic hydroxyl groups is 1. The van der Waals surface area contributed by atoms with E-state index in [1.54, 1.807) is 0 Å². The van der Waals surface area contributed by atoms with Crippen molar-refractivity contribution >= 4 is 11.9 Å². The number of aromatic nitrogens is 2. The van der Waals surface area contributed by atoms with E-state index in [9.17, 15) is 23.9 Å². The van der Waals surface area contributed by atoms with Crippen LogP contribution in [0.3, 0.4) is 0 Å². The molecule has 1 fully saturated rings. The molecule has 142 valence electrons. The smallest absolute Gasteiger partial charge is 0.322 e. The summed E-state index contributed by atoms with van der Waals surface area (Å²) < 4.78 is 14.3. The number of aliphatic carboxylic acids is 1. The minimum Gasteiger partial charge on any atom is -0.505 e. The Morgan fingerprint density at radius 2 is 1.93 bits per heavy atom. The molecular formula is C18H18FN3O5. The van der Waals surface area contributed by atoms with Gasteiger partial charge in [-0.1, -0.05) is 12.8 Å². The lowest BCUT2D eigenvalue weighted by molar-refractivity contribution is -0.135. The number of carbonyl (C=O) groups is 2. The first-order valence-electron chi connectivity index (χ1n) is 8.47. The molecule has 1 heterocycles. The maximum atomic E-state index is 13.2. The number of benzene rings is 1. The molecule has 0 atom stereocenters. The van der Waals surface area contributed by atoms with Crippen LogP contribution in [-0.2, 0) is 11.3 Å². The fraction of sp³-hybridized carbons (Fsp3) is 0.333. The zero-order valence-electron chi connectivity index (χ0n) is 14.3. The van der Waals surface area contributed by atoms with Gasteiger partial charge < -0.3 is 15.5 Å². The summed E-state index contributed by atoms with van der Waals surface area (Å²) in [6.07, 6.45) is 2.85. The number of carbonyl (C=O) groups excluding carboxylic acids is 1. The third-order valence-electron chi connectivity index (χ3n) is 4.32. The molecule has 2 aromatic rings. The number of nitrogens with one attached hydrogen (secondary N) is 1. The Bertz CT molecular complexity index is 935. The van der Waals surface area contributed by atoms with Crippen molar-refractivity contribution in [3.8, 4) is 17.0 Å². The van der Waals surface area contributed by atoms with Crippen molar-refractivity contribution in [2.75, 3.05) is 6.54 Å². The van der Waals surface area contributed by atoms with E-state index >= 15 is 0 Å². The molecule has 3 rings (SSSR count). The molecule has 1 aliphatic carbocycles. The first-order chi connectivity index (χ1) is 12.9. The summed E-state index contributed by atoms with van der Waals surface area (Å²) in [6.45, 7) is -0.439. The largest absolute Gasteiger partial charge is 0.505 e. The fourth-order valence-electron chi connectivity index (χ4n) is 2.68. The van der Waals surface area contributed by atoms with Crippen LogP contribution in [-0.4, -0.2) is 38.4 Å². The number of nitrogens with zero attached hydrogens (tertiary/aromatic N) is 2. The van der Waals surface area contributed by atoms with E-state index < -0.39 is 41.1 Å². The number of amides is 1. The van der Waals surface area contributed by atoms with Gasteiger partial charge >= 0.3 is 5.97 Å². The van der Waals surface area contributed by atoms with Crippen molar-refractivity contribution in [2.24, 2.45) is 5.92 Å². The predicted molar refractivity (Wildman–Crippen MR) is 92.9 cm³/mol. The third-order valence-corrected chi connectivity index (χ3v) is 4.32. The number of halogens is 1. The fourth-order valence-corrected chi connectivity index (χ4v) is 2.68. The Hall–Kier alpha value is -3.23. The van der Waals surface area contributed by atoms with E-state index in [4.69, 9.17) is 5.11 Å². The highest BCUT2D eigenvalue weighted by Gasteiger charge is 2.26. The Balaban J connectivity index is 2.05. The van der Waals surface area contributed by atoms with Crippen molar-refractivity contribution in [3.05, 3.63) is 46.0 Å². The molecule has 8 nitrogen and oxygen atoms in total. The van der Waals surface area contributed by atoms with Crippen LogP contribution in [0, 0.1) is 11.7 Å². The molecular weight excluding hydrogens is 357 g/mol. The standard InChI is InChI=1S/C18H18FN3O5/c19-12-5-3-11(4-6-12)15-16(25)14(17(26)20-9-13(23)24)18(27)22(21-15)8-7-10-1-2-10/h3-6,10,25H,1-2,7-9H2,(H,20,26)(H,23,24). The van der Waals surface area contributed by atoms with Crippen LogP contribution in [0.15, 0.2) is 29.1 Å². The molecule has 9 heteroatoms. The minimum absolute atomic E-state index is 0.0501. The van der Waals surface area contributed by atoms with Gasteiger partial charge in [0.1, 0.15) is 18.1 Å². The monoisotopic (exact) mass is 375 g/mol. The van der Waals surface area contributed by atoms with Crippen LogP contribution < -0.4 is 10.9 Å². The van der Waals surface area contributed by atoms with E-state index in [1.165, 1.54) is 24.3 Å². The second-order valence-electron chi connectivity index (χ2n) is 6.42. The maximum absolute atomic E-state index is 13.2. The first kappa shape index (κ1) is 18.6. The summed E-state index contributed by atoms with van der Waals surface area (Å²) in [6, 6.07) is 5.07. The number of rotatable bonds is 7. The van der Waals surface area contributed by atoms with Crippen LogP contribution in [0.2, 0.25) is 0 Å². The van der Waals surface area contributed by atoms with Gasteiger partial charge in [0.25, 0.3) is 11.5 Å². The molecule has 3 N–H and O–H groups in total. The topological polar surface area (TPSA) is 122 Å². The molecule has 0 aliphatic heterocycles. The molecule has 0 unspecified atom stereocenters. The van der Waals surface area contributed by atoms with Gasteiger partial charge in [-0.2, -0.15) is 5.10 Å². The summed E-state index contributed by atoms with van der Waals surface area (Å²) in [5.41, 5.74) is -1.12. The second kappa shape index (κ2) is 7.56. The number of aryl methyl sites for hydroxylation is 1. The van der Waals surface area contributed by atoms with Crippen molar-refractivity contribution in [2.45, 2.75) is 25.8 Å². The van der Waals surface area contributed by atoms with Gasteiger partial charge in [0.2, 0.25) is 0 Å². The van der Waals surface area contributed by atoms with Crippen molar-refractivity contribution < 1.29 is 24.2 Å². The summed E-state index contributed by atoms with van der Waals surface area (Å²) in [5.74, 6) is -2.95. The molecule has 1 amide bonds. The van der Waals surface area contributed by atoms with Crippen molar-refractivity contribution in [1.29, 1.82) is 0 Å². The number of hydrogen-bond acceptors (Lipinski definition) is 5. The van der Waals surface area contributed by atoms with Gasteiger partial charge in [-0.3, -0.25) is 14.4 Å². The zero-order chi connectivity index (χ0) is 19.6. The first-order valence-corrected chi connectivity index (χ1v) is 8.47. The normalized spacial score (nSPS) is 13.4. The summed E-state index contributed by atoms with van der Waals surface area (Å²) in [7, 11) is 0. The highest BCUT2D eigenvalue weighted by molar-refractivity contribution is 5.99. The van der Waals surface area contributed by atoms with Gasteiger partial charge in [0.05, 0.1) is 0 Å². The molecule has 27 heavy (non-hydrogen) atoms. The number of hydrogen-bond donors (Lipinski definition) is 3. The second-order valence-corrected chi connectivity index (χ2v) is 6.42. The summed E-state index contributed by atoms with van der Waals surface area (Å²) in [5, 5.41) is 25.4. The lowest BCUT2D eigenvalue weighted by atomic mass is 10.1. The lowest BCUT2D eigenvalue weighted by Crippen LogP contribution is -2.37. The Kier molecular flexibility index (Phi) is 5.20. The molecule has 0 bridgehead atoms. The maximum Gasteiger partial charge on any atom is 0.322 e. The summed E-state index contributed by atoms with van der Waals surface area (Å²) in [4.78, 5) is 35.6. The van der Waals surface area contributed by atoms with Crippen LogP contribution >= 0.6 is 0 Å². The van der Waals surface area contributed by atoms with Gasteiger partial charge in [-0.15, -0.1) is 0 Å². The number of carboxylic acid groups (broad SMARTS) is 1. The van der Waals surface area contributed by atoms with E-state index in [2.05, 4.69) is 10.4 Å².